The van der Waals surface area contributed by atoms with Crippen molar-refractivity contribution in [1.82, 2.24) is 10.4 Å². The smallest absolute Gasteiger partial charge is 0.183 e. The van der Waals surface area contributed by atoms with Gasteiger partial charge in [0.25, 0.3) is 0 Å². The number of fused-ring (bicyclic) bond motifs is 1. The highest BCUT2D eigenvalue weighted by atomic mass is 32.1. The molecule has 27 heavy (non-hydrogen) atoms. The lowest BCUT2D eigenvalue weighted by Gasteiger charge is -2.03. The molecule has 0 aliphatic rings. The number of thiazole rings is 1. The highest BCUT2D eigenvalue weighted by molar-refractivity contribution is 7.20. The van der Waals surface area contributed by atoms with Crippen molar-refractivity contribution in [2.45, 2.75) is 0 Å². The number of amidine groups is 1. The third kappa shape index (κ3) is 4.19. The number of hydrogen-bond acceptors (Lipinski definition) is 5. The first kappa shape index (κ1) is 16.9. The summed E-state index contributed by atoms with van der Waals surface area (Å²) in [6, 6.07) is 24.5. The van der Waals surface area contributed by atoms with E-state index in [1.54, 1.807) is 35.8 Å². The summed E-state index contributed by atoms with van der Waals surface area (Å²) in [6.07, 6.45) is 1.63. The van der Waals surface area contributed by atoms with Crippen LogP contribution >= 0.6 is 11.3 Å². The van der Waals surface area contributed by atoms with Crippen LogP contribution in [-0.4, -0.2) is 22.1 Å². The van der Waals surface area contributed by atoms with Crippen molar-refractivity contribution < 1.29 is 5.11 Å². The summed E-state index contributed by atoms with van der Waals surface area (Å²) in [7, 11) is 0. The molecule has 0 spiro atoms. The molecule has 0 bridgehead atoms. The van der Waals surface area contributed by atoms with Crippen LogP contribution in [0.1, 0.15) is 10.6 Å². The Hall–Kier alpha value is -3.51. The van der Waals surface area contributed by atoms with Gasteiger partial charge in [-0.2, -0.15) is 5.10 Å². The zero-order chi connectivity index (χ0) is 18.5. The number of rotatable bonds is 4. The Labute approximate surface area is 160 Å². The molecule has 4 rings (SSSR count). The van der Waals surface area contributed by atoms with Gasteiger partial charge in [-0.15, -0.1) is 11.3 Å². The fourth-order valence-electron chi connectivity index (χ4n) is 2.50. The van der Waals surface area contributed by atoms with Gasteiger partial charge >= 0.3 is 0 Å². The van der Waals surface area contributed by atoms with Gasteiger partial charge in [-0.3, -0.25) is 5.43 Å². The number of hydrogen-bond donors (Lipinski definition) is 2. The largest absolute Gasteiger partial charge is 0.508 e. The molecule has 0 saturated carbocycles. The van der Waals surface area contributed by atoms with Crippen LogP contribution in [0.4, 0.5) is 5.69 Å². The second-order valence-electron chi connectivity index (χ2n) is 5.75. The molecule has 2 N–H and O–H groups in total. The maximum atomic E-state index is 9.56. The fourth-order valence-corrected chi connectivity index (χ4v) is 3.40. The molecule has 0 unspecified atom stereocenters. The number of aliphatic imine (C=N–C) groups is 1. The lowest BCUT2D eigenvalue weighted by Crippen LogP contribution is -2.18. The summed E-state index contributed by atoms with van der Waals surface area (Å²) in [5, 5.41) is 14.6. The van der Waals surface area contributed by atoms with Crippen molar-refractivity contribution in [3.8, 4) is 5.75 Å². The van der Waals surface area contributed by atoms with Crippen LogP contribution in [0.3, 0.4) is 0 Å². The van der Waals surface area contributed by atoms with Gasteiger partial charge in [0.1, 0.15) is 5.75 Å². The number of phenolic OH excluding ortho intramolecular Hbond substituents is 1. The second-order valence-corrected chi connectivity index (χ2v) is 6.78. The van der Waals surface area contributed by atoms with Gasteiger partial charge in [0.15, 0.2) is 10.8 Å². The lowest BCUT2D eigenvalue weighted by molar-refractivity contribution is 0.475. The summed E-state index contributed by atoms with van der Waals surface area (Å²) in [5.74, 6) is 0.766. The average Bonchev–Trinajstić information content (AvgIpc) is 3.12. The van der Waals surface area contributed by atoms with Crippen molar-refractivity contribution in [3.05, 3.63) is 89.4 Å². The van der Waals surface area contributed by atoms with Gasteiger partial charge in [0, 0.05) is 0 Å². The first-order valence-electron chi connectivity index (χ1n) is 8.36. The van der Waals surface area contributed by atoms with Gasteiger partial charge in [0.05, 0.1) is 22.1 Å². The highest BCUT2D eigenvalue weighted by Crippen LogP contribution is 2.23. The third-order valence-corrected chi connectivity index (χ3v) is 4.79. The number of nitrogens with one attached hydrogen (secondary N) is 1. The Bertz CT molecular complexity index is 1090. The van der Waals surface area contributed by atoms with Crippen molar-refractivity contribution in [2.24, 2.45) is 10.1 Å². The predicted molar refractivity (Wildman–Crippen MR) is 111 cm³/mol. The number of benzene rings is 3. The van der Waals surface area contributed by atoms with Crippen molar-refractivity contribution >= 4 is 39.3 Å². The molecule has 0 amide bonds. The monoisotopic (exact) mass is 372 g/mol. The number of aromatic nitrogens is 1. The van der Waals surface area contributed by atoms with Crippen LogP contribution in [0, 0.1) is 0 Å². The van der Waals surface area contributed by atoms with Crippen LogP contribution in [0.25, 0.3) is 10.2 Å². The van der Waals surface area contributed by atoms with Crippen molar-refractivity contribution in [3.63, 3.8) is 0 Å². The van der Waals surface area contributed by atoms with E-state index in [9.17, 15) is 5.11 Å². The second kappa shape index (κ2) is 7.80. The standard InChI is InChI=1S/C21H16N4OS/c26-17-10-6-7-15(13-17)14-22-25-20(23-16-8-2-1-3-9-16)21-24-18-11-4-5-12-19(18)27-21/h1-14,26H,(H,23,25)/b22-14+. The van der Waals surface area contributed by atoms with Crippen LogP contribution in [0.2, 0.25) is 0 Å². The van der Waals surface area contributed by atoms with Crippen molar-refractivity contribution in [1.29, 1.82) is 0 Å². The Balaban J connectivity index is 1.66. The van der Waals surface area contributed by atoms with E-state index in [1.807, 2.05) is 60.7 Å². The molecule has 1 heterocycles. The number of nitrogens with zero attached hydrogens (tertiary/aromatic N) is 3. The third-order valence-electron chi connectivity index (χ3n) is 3.75. The number of aromatic hydroxyl groups is 1. The van der Waals surface area contributed by atoms with Crippen LogP contribution in [-0.2, 0) is 0 Å². The first-order chi connectivity index (χ1) is 13.3. The summed E-state index contributed by atoms with van der Waals surface area (Å²) in [4.78, 5) is 9.32. The minimum Gasteiger partial charge on any atom is -0.508 e. The van der Waals surface area contributed by atoms with E-state index in [0.29, 0.717) is 5.84 Å². The Morgan fingerprint density at radius 2 is 1.78 bits per heavy atom. The summed E-state index contributed by atoms with van der Waals surface area (Å²) in [6.45, 7) is 0. The summed E-state index contributed by atoms with van der Waals surface area (Å²) < 4.78 is 1.09. The number of phenols is 1. The Kier molecular flexibility index (Phi) is 4.89. The number of hydrazone groups is 1. The molecule has 0 saturated heterocycles. The first-order valence-corrected chi connectivity index (χ1v) is 9.17. The number of para-hydroxylation sites is 2. The highest BCUT2D eigenvalue weighted by Gasteiger charge is 2.10. The van der Waals surface area contributed by atoms with Crippen LogP contribution in [0.15, 0.2) is 89.0 Å². The van der Waals surface area contributed by atoms with E-state index in [1.165, 1.54) is 0 Å². The van der Waals surface area contributed by atoms with E-state index in [-0.39, 0.29) is 5.75 Å². The average molecular weight is 372 g/mol. The molecule has 0 radical (unpaired) electrons. The van der Waals surface area contributed by atoms with Gasteiger partial charge < -0.3 is 5.11 Å². The quantitative estimate of drug-likeness (QED) is 0.310. The molecule has 0 aliphatic heterocycles. The predicted octanol–water partition coefficient (Wildman–Crippen LogP) is 4.70. The van der Waals surface area contributed by atoms with Crippen molar-refractivity contribution in [2.75, 3.05) is 0 Å². The van der Waals surface area contributed by atoms with Gasteiger partial charge in [-0.1, -0.05) is 42.5 Å². The zero-order valence-electron chi connectivity index (χ0n) is 14.3. The molecule has 0 atom stereocenters. The zero-order valence-corrected chi connectivity index (χ0v) is 15.1. The molecular formula is C21H16N4OS. The van der Waals surface area contributed by atoms with Crippen LogP contribution < -0.4 is 5.43 Å². The van der Waals surface area contributed by atoms with E-state index in [2.05, 4.69) is 20.5 Å². The Morgan fingerprint density at radius 1 is 0.963 bits per heavy atom. The molecule has 0 aliphatic carbocycles. The normalized spacial score (nSPS) is 11.9. The van der Waals surface area contributed by atoms with Crippen LogP contribution in [0.5, 0.6) is 5.75 Å². The molecule has 132 valence electrons. The molecule has 6 heteroatoms. The minimum absolute atomic E-state index is 0.197. The molecule has 1 aromatic heterocycles. The van der Waals surface area contributed by atoms with Gasteiger partial charge in [0.2, 0.25) is 0 Å². The minimum atomic E-state index is 0.197. The molecule has 0 fully saturated rings. The van der Waals surface area contributed by atoms with Gasteiger partial charge in [-0.25, -0.2) is 9.98 Å². The summed E-state index contributed by atoms with van der Waals surface area (Å²) in [5.41, 5.74) is 5.52. The molecule has 4 aromatic rings. The maximum absolute atomic E-state index is 9.56. The SMILES string of the molecule is Oc1cccc(/C=N/NC(=Nc2ccccc2)c2nc3ccccc3s2)c1. The lowest BCUT2D eigenvalue weighted by atomic mass is 10.2. The molecule has 3 aromatic carbocycles. The fraction of sp³-hybridized carbons (Fsp3) is 0. The Morgan fingerprint density at radius 3 is 2.59 bits per heavy atom. The molecular weight excluding hydrogens is 356 g/mol. The molecule has 5 nitrogen and oxygen atoms in total. The summed E-state index contributed by atoms with van der Waals surface area (Å²) >= 11 is 1.56. The van der Waals surface area contributed by atoms with E-state index in [0.717, 1.165) is 26.5 Å². The topological polar surface area (TPSA) is 69.9 Å². The van der Waals surface area contributed by atoms with E-state index >= 15 is 0 Å². The van der Waals surface area contributed by atoms with E-state index in [4.69, 9.17) is 0 Å². The van der Waals surface area contributed by atoms with E-state index < -0.39 is 0 Å². The maximum Gasteiger partial charge on any atom is 0.183 e. The van der Waals surface area contributed by atoms with Gasteiger partial charge in [-0.05, 0) is 42.0 Å².